The largest absolute Gasteiger partial charge is 0.370 e. The number of nitrogens with one attached hydrogen (secondary N) is 1. The normalized spacial score (nSPS) is 9.93. The van der Waals surface area contributed by atoms with E-state index in [2.05, 4.69) is 31.2 Å². The van der Waals surface area contributed by atoms with E-state index < -0.39 is 0 Å². The van der Waals surface area contributed by atoms with Gasteiger partial charge in [0, 0.05) is 25.4 Å². The van der Waals surface area contributed by atoms with Crippen LogP contribution in [0.4, 0.5) is 5.95 Å². The van der Waals surface area contributed by atoms with E-state index in [0.29, 0.717) is 12.4 Å². The topological polar surface area (TPSA) is 80.9 Å². The molecule has 15 heavy (non-hydrogen) atoms. The Balaban J connectivity index is 2.15. The fraction of sp³-hybridized carbons (Fsp3) is 0.444. The van der Waals surface area contributed by atoms with Crippen LogP contribution in [0.1, 0.15) is 19.3 Å². The van der Waals surface area contributed by atoms with Gasteiger partial charge in [-0.3, -0.25) is 4.79 Å². The Morgan fingerprint density at radius 3 is 2.67 bits per heavy atom. The number of carbonyl (C=O) groups excluding carboxylic acids is 1. The van der Waals surface area contributed by atoms with Gasteiger partial charge in [0.2, 0.25) is 11.9 Å². The maximum Gasteiger partial charge on any atom is 0.222 e. The number of hydrogen-bond acceptors (Lipinski definition) is 4. The van der Waals surface area contributed by atoms with Gasteiger partial charge in [0.05, 0.1) is 4.47 Å². The van der Waals surface area contributed by atoms with Gasteiger partial charge in [0.15, 0.2) is 0 Å². The molecule has 82 valence electrons. The average molecular weight is 273 g/mol. The van der Waals surface area contributed by atoms with E-state index >= 15 is 0 Å². The zero-order chi connectivity index (χ0) is 11.1. The lowest BCUT2D eigenvalue weighted by Gasteiger charge is -2.03. The summed E-state index contributed by atoms with van der Waals surface area (Å²) in [6.45, 7) is 0.745. The van der Waals surface area contributed by atoms with Crippen molar-refractivity contribution in [1.82, 2.24) is 9.97 Å². The van der Waals surface area contributed by atoms with Gasteiger partial charge in [-0.05, 0) is 28.8 Å². The molecule has 0 fully saturated rings. The highest BCUT2D eigenvalue weighted by molar-refractivity contribution is 9.10. The Bertz CT molecular complexity index is 314. The van der Waals surface area contributed by atoms with E-state index in [1.807, 2.05) is 0 Å². The van der Waals surface area contributed by atoms with Gasteiger partial charge in [-0.2, -0.15) is 0 Å². The number of anilines is 1. The molecular formula is C9H13BrN4O. The standard InChI is InChI=1S/C9H13BrN4O/c10-7-5-13-9(14-6-7)12-4-2-1-3-8(11)15/h5-6H,1-4H2,(H2,11,15)(H,12,13,14). The number of hydrogen-bond donors (Lipinski definition) is 2. The molecule has 0 aliphatic rings. The van der Waals surface area contributed by atoms with Crippen LogP contribution in [0.2, 0.25) is 0 Å². The number of rotatable bonds is 6. The molecule has 0 spiro atoms. The van der Waals surface area contributed by atoms with E-state index in [9.17, 15) is 4.79 Å². The summed E-state index contributed by atoms with van der Waals surface area (Å²) < 4.78 is 0.849. The Morgan fingerprint density at radius 1 is 1.40 bits per heavy atom. The Morgan fingerprint density at radius 2 is 2.07 bits per heavy atom. The lowest BCUT2D eigenvalue weighted by molar-refractivity contribution is -0.118. The number of unbranched alkanes of at least 4 members (excludes halogenated alkanes) is 1. The summed E-state index contributed by atoms with van der Waals surface area (Å²) in [6.07, 6.45) is 5.46. The highest BCUT2D eigenvalue weighted by Gasteiger charge is 1.96. The maximum absolute atomic E-state index is 10.4. The number of nitrogens with two attached hydrogens (primary N) is 1. The van der Waals surface area contributed by atoms with Crippen molar-refractivity contribution in [3.63, 3.8) is 0 Å². The maximum atomic E-state index is 10.4. The molecule has 0 aromatic carbocycles. The predicted molar refractivity (Wildman–Crippen MR) is 61.3 cm³/mol. The first kappa shape index (κ1) is 11.9. The van der Waals surface area contributed by atoms with Crippen molar-refractivity contribution in [3.05, 3.63) is 16.9 Å². The molecule has 6 heteroatoms. The summed E-state index contributed by atoms with van der Waals surface area (Å²) >= 11 is 3.25. The molecule has 1 heterocycles. The minimum absolute atomic E-state index is 0.255. The van der Waals surface area contributed by atoms with E-state index in [0.717, 1.165) is 23.9 Å². The molecule has 1 rings (SSSR count). The zero-order valence-electron chi connectivity index (χ0n) is 8.24. The van der Waals surface area contributed by atoms with Gasteiger partial charge < -0.3 is 11.1 Å². The monoisotopic (exact) mass is 272 g/mol. The smallest absolute Gasteiger partial charge is 0.222 e. The fourth-order valence-electron chi connectivity index (χ4n) is 1.03. The van der Waals surface area contributed by atoms with Crippen LogP contribution in [0.15, 0.2) is 16.9 Å². The van der Waals surface area contributed by atoms with Gasteiger partial charge in [0.25, 0.3) is 0 Å². The van der Waals surface area contributed by atoms with Crippen LogP contribution in [-0.2, 0) is 4.79 Å². The summed E-state index contributed by atoms with van der Waals surface area (Å²) in [6, 6.07) is 0. The van der Waals surface area contributed by atoms with E-state index in [4.69, 9.17) is 5.73 Å². The van der Waals surface area contributed by atoms with Crippen LogP contribution in [0, 0.1) is 0 Å². The van der Waals surface area contributed by atoms with Crippen LogP contribution < -0.4 is 11.1 Å². The first-order valence-electron chi connectivity index (χ1n) is 4.68. The summed E-state index contributed by atoms with van der Waals surface area (Å²) in [5.41, 5.74) is 5.01. The number of amides is 1. The Labute approximate surface area is 96.6 Å². The Kier molecular flexibility index (Phi) is 5.03. The summed E-state index contributed by atoms with van der Waals surface area (Å²) in [4.78, 5) is 18.5. The van der Waals surface area contributed by atoms with Crippen LogP contribution in [0.25, 0.3) is 0 Å². The highest BCUT2D eigenvalue weighted by atomic mass is 79.9. The fourth-order valence-corrected chi connectivity index (χ4v) is 1.23. The number of nitrogens with zero attached hydrogens (tertiary/aromatic N) is 2. The molecule has 0 aliphatic heterocycles. The molecule has 3 N–H and O–H groups in total. The minimum atomic E-state index is -0.255. The first-order valence-corrected chi connectivity index (χ1v) is 5.47. The lowest BCUT2D eigenvalue weighted by atomic mass is 10.2. The molecule has 0 aliphatic carbocycles. The molecule has 0 radical (unpaired) electrons. The molecule has 5 nitrogen and oxygen atoms in total. The number of aromatic nitrogens is 2. The predicted octanol–water partition coefficient (Wildman–Crippen LogP) is 1.31. The molecule has 0 saturated carbocycles. The third-order valence-corrected chi connectivity index (χ3v) is 2.16. The average Bonchev–Trinajstić information content (AvgIpc) is 2.20. The lowest BCUT2D eigenvalue weighted by Crippen LogP contribution is -2.11. The van der Waals surface area contributed by atoms with Crippen molar-refractivity contribution in [2.75, 3.05) is 11.9 Å². The SMILES string of the molecule is NC(=O)CCCCNc1ncc(Br)cn1. The van der Waals surface area contributed by atoms with Crippen LogP contribution >= 0.6 is 15.9 Å². The van der Waals surface area contributed by atoms with Gasteiger partial charge in [-0.15, -0.1) is 0 Å². The number of halogens is 1. The number of carbonyl (C=O) groups is 1. The van der Waals surface area contributed by atoms with E-state index in [1.165, 1.54) is 0 Å². The van der Waals surface area contributed by atoms with Crippen LogP contribution in [-0.4, -0.2) is 22.4 Å². The molecule has 1 aromatic heterocycles. The third-order valence-electron chi connectivity index (χ3n) is 1.75. The van der Waals surface area contributed by atoms with Crippen LogP contribution in [0.3, 0.4) is 0 Å². The van der Waals surface area contributed by atoms with Crippen molar-refractivity contribution in [1.29, 1.82) is 0 Å². The van der Waals surface area contributed by atoms with E-state index in [1.54, 1.807) is 12.4 Å². The second-order valence-corrected chi connectivity index (χ2v) is 3.99. The summed E-state index contributed by atoms with van der Waals surface area (Å²) in [7, 11) is 0. The molecule has 0 bridgehead atoms. The van der Waals surface area contributed by atoms with Gasteiger partial charge in [-0.25, -0.2) is 9.97 Å². The molecule has 0 atom stereocenters. The van der Waals surface area contributed by atoms with Crippen molar-refractivity contribution in [3.8, 4) is 0 Å². The molecular weight excluding hydrogens is 260 g/mol. The second kappa shape index (κ2) is 6.34. The second-order valence-electron chi connectivity index (χ2n) is 3.08. The minimum Gasteiger partial charge on any atom is -0.370 e. The Hall–Kier alpha value is -1.17. The van der Waals surface area contributed by atoms with Gasteiger partial charge >= 0.3 is 0 Å². The van der Waals surface area contributed by atoms with Crippen molar-refractivity contribution >= 4 is 27.8 Å². The van der Waals surface area contributed by atoms with Gasteiger partial charge in [-0.1, -0.05) is 0 Å². The van der Waals surface area contributed by atoms with Crippen LogP contribution in [0.5, 0.6) is 0 Å². The van der Waals surface area contributed by atoms with Crippen molar-refractivity contribution in [2.45, 2.75) is 19.3 Å². The number of primary amides is 1. The van der Waals surface area contributed by atoms with Gasteiger partial charge in [0.1, 0.15) is 0 Å². The summed E-state index contributed by atoms with van der Waals surface area (Å²) in [5, 5.41) is 3.05. The van der Waals surface area contributed by atoms with E-state index in [-0.39, 0.29) is 5.91 Å². The van der Waals surface area contributed by atoms with Crippen molar-refractivity contribution in [2.24, 2.45) is 5.73 Å². The molecule has 1 aromatic rings. The molecule has 1 amide bonds. The summed E-state index contributed by atoms with van der Waals surface area (Å²) in [5.74, 6) is 0.340. The highest BCUT2D eigenvalue weighted by Crippen LogP contribution is 2.06. The quantitative estimate of drug-likeness (QED) is 0.766. The molecule has 0 unspecified atom stereocenters. The van der Waals surface area contributed by atoms with Crippen molar-refractivity contribution < 1.29 is 4.79 Å². The zero-order valence-corrected chi connectivity index (χ0v) is 9.83. The third kappa shape index (κ3) is 5.31. The first-order chi connectivity index (χ1) is 7.18. The molecule has 0 saturated heterocycles.